The van der Waals surface area contributed by atoms with Gasteiger partial charge in [0.1, 0.15) is 6.54 Å². The number of fused-ring (bicyclic) bond motifs is 1. The van der Waals surface area contributed by atoms with Gasteiger partial charge in [0.15, 0.2) is 5.43 Å². The largest absolute Gasteiger partial charge is 0.334 e. The maximum absolute atomic E-state index is 11.9. The third kappa shape index (κ3) is 2.10. The summed E-state index contributed by atoms with van der Waals surface area (Å²) >= 11 is 6.11. The number of nitrogens with zero attached hydrogens (tertiary/aromatic N) is 1. The van der Waals surface area contributed by atoms with Crippen molar-refractivity contribution >= 4 is 28.4 Å². The van der Waals surface area contributed by atoms with Gasteiger partial charge in [-0.2, -0.15) is 0 Å². The number of carbonyl (C=O) groups is 1. The summed E-state index contributed by atoms with van der Waals surface area (Å²) in [4.78, 5) is 23.3. The van der Waals surface area contributed by atoms with E-state index in [1.54, 1.807) is 29.7 Å². The van der Waals surface area contributed by atoms with Crippen LogP contribution >= 0.6 is 11.6 Å². The molecule has 0 fully saturated rings. The smallest absolute Gasteiger partial charge is 0.253 e. The van der Waals surface area contributed by atoms with Gasteiger partial charge in [-0.15, -0.1) is 0 Å². The molecule has 1 heterocycles. The van der Waals surface area contributed by atoms with E-state index in [-0.39, 0.29) is 17.9 Å². The lowest BCUT2D eigenvalue weighted by Gasteiger charge is -2.14. The van der Waals surface area contributed by atoms with E-state index in [2.05, 4.69) is 5.43 Å². The van der Waals surface area contributed by atoms with E-state index < -0.39 is 0 Å². The first-order chi connectivity index (χ1) is 8.54. The van der Waals surface area contributed by atoms with Gasteiger partial charge in [-0.3, -0.25) is 15.0 Å². The summed E-state index contributed by atoms with van der Waals surface area (Å²) in [5, 5.41) is 0.913. The Kier molecular flexibility index (Phi) is 3.36. The van der Waals surface area contributed by atoms with Crippen LogP contribution in [0.25, 0.3) is 10.9 Å². The highest BCUT2D eigenvalue weighted by atomic mass is 35.5. The first-order valence-corrected chi connectivity index (χ1v) is 5.70. The number of aromatic nitrogens is 1. The normalized spacial score (nSPS) is 10.6. The van der Waals surface area contributed by atoms with E-state index in [1.165, 1.54) is 6.07 Å². The second-order valence-corrected chi connectivity index (χ2v) is 4.35. The average Bonchev–Trinajstić information content (AvgIpc) is 2.34. The minimum Gasteiger partial charge on any atom is -0.334 e. The molecule has 1 aromatic carbocycles. The van der Waals surface area contributed by atoms with Crippen molar-refractivity contribution in [1.29, 1.82) is 0 Å². The molecule has 2 rings (SSSR count). The van der Waals surface area contributed by atoms with Crippen LogP contribution in [0.4, 0.5) is 0 Å². The van der Waals surface area contributed by atoms with E-state index in [0.29, 0.717) is 21.6 Å². The van der Waals surface area contributed by atoms with Crippen LogP contribution in [-0.2, 0) is 11.3 Å². The first-order valence-electron chi connectivity index (χ1n) is 5.32. The number of carbonyl (C=O) groups excluding carboxylic acids is 1. The average molecular weight is 266 g/mol. The number of para-hydroxylation sites is 1. The lowest BCUT2D eigenvalue weighted by atomic mass is 10.2. The Balaban J connectivity index is 2.79. The zero-order chi connectivity index (χ0) is 13.3. The number of amides is 1. The maximum Gasteiger partial charge on any atom is 0.253 e. The highest BCUT2D eigenvalue weighted by Gasteiger charge is 2.11. The van der Waals surface area contributed by atoms with Gasteiger partial charge in [0, 0.05) is 17.1 Å². The number of rotatable bonds is 2. The number of aryl methyl sites for hydroxylation is 1. The fraction of sp³-hybridized carbons (Fsp3) is 0.167. The molecular formula is C12H12ClN3O2. The topological polar surface area (TPSA) is 77.1 Å². The highest BCUT2D eigenvalue weighted by Crippen LogP contribution is 2.22. The predicted octanol–water partition coefficient (Wildman–Crippen LogP) is 0.953. The molecule has 2 aromatic rings. The molecule has 5 nitrogen and oxygen atoms in total. The summed E-state index contributed by atoms with van der Waals surface area (Å²) in [6, 6.07) is 6.54. The molecule has 0 saturated heterocycles. The van der Waals surface area contributed by atoms with Crippen molar-refractivity contribution in [2.75, 3.05) is 0 Å². The van der Waals surface area contributed by atoms with E-state index in [9.17, 15) is 9.59 Å². The molecule has 0 aliphatic heterocycles. The molecule has 0 atom stereocenters. The van der Waals surface area contributed by atoms with E-state index >= 15 is 0 Å². The van der Waals surface area contributed by atoms with Crippen LogP contribution in [0, 0.1) is 6.92 Å². The van der Waals surface area contributed by atoms with Crippen LogP contribution in [0.5, 0.6) is 0 Å². The van der Waals surface area contributed by atoms with Gasteiger partial charge in [0.05, 0.1) is 10.5 Å². The number of hydrogen-bond donors (Lipinski definition) is 2. The molecule has 6 heteroatoms. The van der Waals surface area contributed by atoms with Crippen molar-refractivity contribution in [1.82, 2.24) is 9.99 Å². The molecule has 0 saturated carbocycles. The maximum atomic E-state index is 11.9. The van der Waals surface area contributed by atoms with E-state index in [4.69, 9.17) is 17.4 Å². The van der Waals surface area contributed by atoms with Crippen molar-refractivity contribution in [3.8, 4) is 0 Å². The molecule has 0 spiro atoms. The van der Waals surface area contributed by atoms with Crippen LogP contribution in [0.1, 0.15) is 5.69 Å². The highest BCUT2D eigenvalue weighted by molar-refractivity contribution is 6.35. The fourth-order valence-corrected chi connectivity index (χ4v) is 2.18. The number of halogens is 1. The molecule has 1 amide bonds. The van der Waals surface area contributed by atoms with Crippen LogP contribution in [0.3, 0.4) is 0 Å². The molecule has 1 aromatic heterocycles. The van der Waals surface area contributed by atoms with Crippen LogP contribution in [0.15, 0.2) is 29.1 Å². The Hall–Kier alpha value is -1.85. The van der Waals surface area contributed by atoms with Crippen molar-refractivity contribution in [2.24, 2.45) is 5.84 Å². The minimum atomic E-state index is -0.358. The molecule has 3 N–H and O–H groups in total. The number of hydrogen-bond acceptors (Lipinski definition) is 3. The van der Waals surface area contributed by atoms with Crippen molar-refractivity contribution in [3.63, 3.8) is 0 Å². The lowest BCUT2D eigenvalue weighted by molar-refractivity contribution is -0.121. The molecule has 0 unspecified atom stereocenters. The fourth-order valence-electron chi connectivity index (χ4n) is 1.90. The Morgan fingerprint density at radius 1 is 1.50 bits per heavy atom. The molecular weight excluding hydrogens is 254 g/mol. The molecule has 0 aliphatic carbocycles. The zero-order valence-electron chi connectivity index (χ0n) is 9.74. The monoisotopic (exact) mass is 265 g/mol. The van der Waals surface area contributed by atoms with Gasteiger partial charge >= 0.3 is 0 Å². The van der Waals surface area contributed by atoms with Gasteiger partial charge in [0.25, 0.3) is 5.91 Å². The SMILES string of the molecule is Cc1cc(=O)c2cccc(Cl)c2n1CC(=O)NN. The summed E-state index contributed by atoms with van der Waals surface area (Å²) in [5.74, 6) is 4.72. The number of hydrazine groups is 1. The minimum absolute atomic E-state index is 0.0167. The van der Waals surface area contributed by atoms with Crippen LogP contribution in [0.2, 0.25) is 5.02 Å². The first kappa shape index (κ1) is 12.6. The Morgan fingerprint density at radius 3 is 2.89 bits per heavy atom. The standard InChI is InChI=1S/C12H12ClN3O2/c1-7-5-10(17)8-3-2-4-9(13)12(8)16(7)6-11(18)15-14/h2-5H,6,14H2,1H3,(H,15,18). The van der Waals surface area contributed by atoms with Gasteiger partial charge in [-0.1, -0.05) is 17.7 Å². The summed E-state index contributed by atoms with van der Waals surface area (Å²) in [7, 11) is 0. The second-order valence-electron chi connectivity index (χ2n) is 3.94. The van der Waals surface area contributed by atoms with Crippen LogP contribution < -0.4 is 16.7 Å². The zero-order valence-corrected chi connectivity index (χ0v) is 10.5. The third-order valence-corrected chi connectivity index (χ3v) is 3.06. The summed E-state index contributed by atoms with van der Waals surface area (Å²) < 4.78 is 1.67. The van der Waals surface area contributed by atoms with Gasteiger partial charge < -0.3 is 4.57 Å². The molecule has 0 bridgehead atoms. The van der Waals surface area contributed by atoms with Crippen LogP contribution in [-0.4, -0.2) is 10.5 Å². The summed E-state index contributed by atoms with van der Waals surface area (Å²) in [6.45, 7) is 1.76. The molecule has 0 aliphatic rings. The van der Waals surface area contributed by atoms with Crippen molar-refractivity contribution < 1.29 is 4.79 Å². The summed E-state index contributed by atoms with van der Waals surface area (Å²) in [5.41, 5.74) is 3.15. The van der Waals surface area contributed by atoms with Gasteiger partial charge in [-0.25, -0.2) is 5.84 Å². The molecule has 0 radical (unpaired) electrons. The number of pyridine rings is 1. The van der Waals surface area contributed by atoms with Crippen molar-refractivity contribution in [3.05, 3.63) is 45.2 Å². The lowest BCUT2D eigenvalue weighted by Crippen LogP contribution is -2.34. The number of benzene rings is 1. The molecule has 94 valence electrons. The predicted molar refractivity (Wildman–Crippen MR) is 70.3 cm³/mol. The number of nitrogens with two attached hydrogens (primary N) is 1. The van der Waals surface area contributed by atoms with Gasteiger partial charge in [0.2, 0.25) is 0 Å². The number of nitrogens with one attached hydrogen (secondary N) is 1. The summed E-state index contributed by atoms with van der Waals surface area (Å²) in [6.07, 6.45) is 0. The van der Waals surface area contributed by atoms with E-state index in [1.807, 2.05) is 0 Å². The Labute approximate surface area is 108 Å². The second kappa shape index (κ2) is 4.80. The third-order valence-electron chi connectivity index (χ3n) is 2.75. The van der Waals surface area contributed by atoms with Crippen molar-refractivity contribution in [2.45, 2.75) is 13.5 Å². The van der Waals surface area contributed by atoms with E-state index in [0.717, 1.165) is 0 Å². The Bertz CT molecular complexity index is 679. The van der Waals surface area contributed by atoms with Gasteiger partial charge in [-0.05, 0) is 19.1 Å². The Morgan fingerprint density at radius 2 is 2.22 bits per heavy atom. The molecule has 18 heavy (non-hydrogen) atoms. The quantitative estimate of drug-likeness (QED) is 0.482.